The Morgan fingerprint density at radius 1 is 1.27 bits per heavy atom. The number of nitrogens with two attached hydrogens (primary N) is 1. The van der Waals surface area contributed by atoms with Crippen molar-refractivity contribution in [2.75, 3.05) is 13.1 Å². The van der Waals surface area contributed by atoms with E-state index >= 15 is 0 Å². The van der Waals surface area contributed by atoms with Gasteiger partial charge < -0.3 is 0 Å². The van der Waals surface area contributed by atoms with E-state index in [4.69, 9.17) is 5.90 Å². The molecule has 0 amide bonds. The molecule has 0 spiro atoms. The van der Waals surface area contributed by atoms with Crippen molar-refractivity contribution >= 4 is 24.8 Å². The van der Waals surface area contributed by atoms with E-state index in [0.717, 1.165) is 13.1 Å². The van der Waals surface area contributed by atoms with Crippen molar-refractivity contribution < 1.29 is 4.84 Å². The highest BCUT2D eigenvalue weighted by Gasteiger charge is 2.16. The highest BCUT2D eigenvalue weighted by molar-refractivity contribution is 5.85. The molecule has 1 heterocycles. The zero-order valence-corrected chi connectivity index (χ0v) is 8.29. The van der Waals surface area contributed by atoms with Crippen molar-refractivity contribution in [1.29, 1.82) is 0 Å². The van der Waals surface area contributed by atoms with Crippen LogP contribution in [0.1, 0.15) is 19.8 Å². The number of likely N-dealkylation sites (tertiary alicyclic amines) is 1. The molecule has 1 saturated heterocycles. The lowest BCUT2D eigenvalue weighted by atomic mass is 10.4. The van der Waals surface area contributed by atoms with Gasteiger partial charge in [0.25, 0.3) is 0 Å². The van der Waals surface area contributed by atoms with E-state index in [0.29, 0.717) is 0 Å². The highest BCUT2D eigenvalue weighted by atomic mass is 35.5. The Bertz CT molecular complexity index is 88.7. The summed E-state index contributed by atoms with van der Waals surface area (Å²) in [5.74, 6) is 5.01. The Kier molecular flexibility index (Phi) is 9.08. The number of hydrogen-bond donors (Lipinski definition) is 1. The molecule has 70 valence electrons. The van der Waals surface area contributed by atoms with Gasteiger partial charge in [-0.05, 0) is 19.8 Å². The zero-order chi connectivity index (χ0) is 6.69. The fraction of sp³-hybridized carbons (Fsp3) is 1.00. The molecule has 0 radical (unpaired) electrons. The Morgan fingerprint density at radius 2 is 1.73 bits per heavy atom. The van der Waals surface area contributed by atoms with Crippen LogP contribution >= 0.6 is 24.8 Å². The van der Waals surface area contributed by atoms with Crippen LogP contribution in [0, 0.1) is 0 Å². The molecule has 0 bridgehead atoms. The summed E-state index contributed by atoms with van der Waals surface area (Å²) < 4.78 is 0. The first kappa shape index (κ1) is 14.0. The SMILES string of the molecule is CC(ON)N1CCCC1.Cl.Cl. The molecular weight excluding hydrogens is 187 g/mol. The standard InChI is InChI=1S/C6H14N2O.2ClH/c1-6(9-7)8-4-2-3-5-8;;/h6H,2-5,7H2,1H3;2*1H. The molecule has 0 saturated carbocycles. The summed E-state index contributed by atoms with van der Waals surface area (Å²) >= 11 is 0. The molecule has 1 unspecified atom stereocenters. The molecule has 3 nitrogen and oxygen atoms in total. The lowest BCUT2D eigenvalue weighted by Gasteiger charge is -2.20. The third-order valence-electron chi connectivity index (χ3n) is 1.85. The Labute approximate surface area is 80.0 Å². The first-order valence-electron chi connectivity index (χ1n) is 3.44. The molecule has 1 fully saturated rings. The summed E-state index contributed by atoms with van der Waals surface area (Å²) in [6, 6.07) is 0. The van der Waals surface area contributed by atoms with E-state index in [9.17, 15) is 0 Å². The summed E-state index contributed by atoms with van der Waals surface area (Å²) in [4.78, 5) is 6.90. The van der Waals surface area contributed by atoms with E-state index in [-0.39, 0.29) is 31.0 Å². The van der Waals surface area contributed by atoms with Crippen LogP contribution < -0.4 is 5.90 Å². The normalized spacial score (nSPS) is 20.2. The van der Waals surface area contributed by atoms with Crippen molar-refractivity contribution in [3.05, 3.63) is 0 Å². The van der Waals surface area contributed by atoms with Crippen molar-refractivity contribution in [3.8, 4) is 0 Å². The summed E-state index contributed by atoms with van der Waals surface area (Å²) in [5.41, 5.74) is 0. The molecule has 0 aromatic carbocycles. The maximum atomic E-state index is 5.01. The largest absolute Gasteiger partial charge is 0.286 e. The first-order chi connectivity index (χ1) is 4.34. The van der Waals surface area contributed by atoms with Crippen molar-refractivity contribution in [1.82, 2.24) is 4.90 Å². The second kappa shape index (κ2) is 7.13. The van der Waals surface area contributed by atoms with Crippen LogP contribution in [-0.4, -0.2) is 24.2 Å². The summed E-state index contributed by atoms with van der Waals surface area (Å²) in [6.07, 6.45) is 2.67. The van der Waals surface area contributed by atoms with Gasteiger partial charge in [0.1, 0.15) is 6.23 Å². The number of nitrogens with zero attached hydrogens (tertiary/aromatic N) is 1. The van der Waals surface area contributed by atoms with E-state index in [2.05, 4.69) is 9.74 Å². The molecular formula is C6H16Cl2N2O. The molecule has 2 N–H and O–H groups in total. The van der Waals surface area contributed by atoms with Crippen LogP contribution in [0.25, 0.3) is 0 Å². The maximum Gasteiger partial charge on any atom is 0.128 e. The Hall–Kier alpha value is 0.460. The van der Waals surface area contributed by atoms with Crippen LogP contribution in [0.4, 0.5) is 0 Å². The summed E-state index contributed by atoms with van der Waals surface area (Å²) in [6.45, 7) is 4.25. The topological polar surface area (TPSA) is 38.5 Å². The summed E-state index contributed by atoms with van der Waals surface area (Å²) in [5, 5.41) is 0. The summed E-state index contributed by atoms with van der Waals surface area (Å²) in [7, 11) is 0. The molecule has 1 rings (SSSR count). The quantitative estimate of drug-likeness (QED) is 0.684. The highest BCUT2D eigenvalue weighted by Crippen LogP contribution is 2.10. The molecule has 0 aromatic heterocycles. The van der Waals surface area contributed by atoms with Crippen LogP contribution in [-0.2, 0) is 4.84 Å². The molecule has 1 aliphatic rings. The molecule has 5 heteroatoms. The molecule has 0 aliphatic carbocycles. The Balaban J connectivity index is 0. The third kappa shape index (κ3) is 4.13. The third-order valence-corrected chi connectivity index (χ3v) is 1.85. The predicted octanol–water partition coefficient (Wildman–Crippen LogP) is 1.16. The van der Waals surface area contributed by atoms with Crippen LogP contribution in [0.3, 0.4) is 0 Å². The fourth-order valence-electron chi connectivity index (χ4n) is 1.19. The van der Waals surface area contributed by atoms with E-state index in [1.54, 1.807) is 0 Å². The van der Waals surface area contributed by atoms with Gasteiger partial charge in [-0.2, -0.15) is 0 Å². The zero-order valence-electron chi connectivity index (χ0n) is 6.66. The fourth-order valence-corrected chi connectivity index (χ4v) is 1.19. The lowest BCUT2D eigenvalue weighted by molar-refractivity contribution is -0.0379. The average Bonchev–Trinajstić information content (AvgIpc) is 2.37. The van der Waals surface area contributed by atoms with Gasteiger partial charge in [0.15, 0.2) is 0 Å². The van der Waals surface area contributed by atoms with E-state index in [1.165, 1.54) is 12.8 Å². The van der Waals surface area contributed by atoms with Crippen LogP contribution in [0.2, 0.25) is 0 Å². The number of halogens is 2. The van der Waals surface area contributed by atoms with Gasteiger partial charge in [-0.1, -0.05) is 0 Å². The van der Waals surface area contributed by atoms with E-state index < -0.39 is 0 Å². The monoisotopic (exact) mass is 202 g/mol. The van der Waals surface area contributed by atoms with Crippen molar-refractivity contribution in [2.45, 2.75) is 26.0 Å². The van der Waals surface area contributed by atoms with Gasteiger partial charge in [0, 0.05) is 13.1 Å². The smallest absolute Gasteiger partial charge is 0.128 e. The van der Waals surface area contributed by atoms with Crippen molar-refractivity contribution in [3.63, 3.8) is 0 Å². The number of hydrogen-bond acceptors (Lipinski definition) is 3. The second-order valence-corrected chi connectivity index (χ2v) is 2.48. The minimum atomic E-state index is 0. The molecule has 0 aromatic rings. The lowest BCUT2D eigenvalue weighted by Crippen LogP contribution is -2.34. The molecule has 1 aliphatic heterocycles. The van der Waals surface area contributed by atoms with Crippen molar-refractivity contribution in [2.24, 2.45) is 5.90 Å². The minimum Gasteiger partial charge on any atom is -0.286 e. The van der Waals surface area contributed by atoms with Gasteiger partial charge in [-0.3, -0.25) is 9.74 Å². The minimum absolute atomic E-state index is 0. The van der Waals surface area contributed by atoms with Gasteiger partial charge in [0.05, 0.1) is 0 Å². The number of rotatable bonds is 2. The predicted molar refractivity (Wildman–Crippen MR) is 50.0 cm³/mol. The Morgan fingerprint density at radius 3 is 2.09 bits per heavy atom. The maximum absolute atomic E-state index is 5.01. The van der Waals surface area contributed by atoms with Gasteiger partial charge >= 0.3 is 0 Å². The van der Waals surface area contributed by atoms with Crippen LogP contribution in [0.15, 0.2) is 0 Å². The van der Waals surface area contributed by atoms with Gasteiger partial charge in [-0.25, -0.2) is 5.90 Å². The average molecular weight is 203 g/mol. The first-order valence-corrected chi connectivity index (χ1v) is 3.44. The molecule has 11 heavy (non-hydrogen) atoms. The second-order valence-electron chi connectivity index (χ2n) is 2.48. The van der Waals surface area contributed by atoms with Gasteiger partial charge in [0.2, 0.25) is 0 Å². The van der Waals surface area contributed by atoms with Crippen LogP contribution in [0.5, 0.6) is 0 Å². The van der Waals surface area contributed by atoms with E-state index in [1.807, 2.05) is 6.92 Å². The van der Waals surface area contributed by atoms with Gasteiger partial charge in [-0.15, -0.1) is 24.8 Å². The molecule has 1 atom stereocenters.